The van der Waals surface area contributed by atoms with Crippen molar-refractivity contribution in [1.82, 2.24) is 4.90 Å². The number of piperazine rings is 1. The molecule has 0 spiro atoms. The number of rotatable bonds is 4. The van der Waals surface area contributed by atoms with E-state index in [1.54, 1.807) is 12.1 Å². The molecule has 0 aliphatic carbocycles. The molecule has 3 nitrogen and oxygen atoms in total. The molecule has 0 amide bonds. The lowest BCUT2D eigenvalue weighted by Gasteiger charge is -2.37. The zero-order chi connectivity index (χ0) is 16.3. The van der Waals surface area contributed by atoms with Crippen LogP contribution >= 0.6 is 24.2 Å². The lowest BCUT2D eigenvalue weighted by Crippen LogP contribution is -2.48. The Kier molecular flexibility index (Phi) is 7.10. The molecule has 0 bridgehead atoms. The summed E-state index contributed by atoms with van der Waals surface area (Å²) in [6.45, 7) is 5.37. The topological polar surface area (TPSA) is 15.7 Å². The average Bonchev–Trinajstić information content (AvgIpc) is 2.99. The molecule has 24 heavy (non-hydrogen) atoms. The first-order valence-corrected chi connectivity index (χ1v) is 8.76. The number of halogens is 4. The van der Waals surface area contributed by atoms with E-state index in [-0.39, 0.29) is 29.1 Å². The van der Waals surface area contributed by atoms with E-state index in [1.165, 1.54) is 6.07 Å². The number of nitrogens with zero attached hydrogens (tertiary/aromatic N) is 2. The third kappa shape index (κ3) is 5.72. The molecule has 0 N–H and O–H groups in total. The summed E-state index contributed by atoms with van der Waals surface area (Å²) in [6.07, 6.45) is 2.64. The molecule has 2 aliphatic rings. The lowest BCUT2D eigenvalue weighted by atomic mass is 10.2. The Hall–Kier alpha value is -0.630. The van der Waals surface area contributed by atoms with Gasteiger partial charge in [0, 0.05) is 49.9 Å². The van der Waals surface area contributed by atoms with Crippen molar-refractivity contribution in [2.24, 2.45) is 0 Å². The number of thioether (sulfide) groups is 1. The molecule has 8 heteroatoms. The van der Waals surface area contributed by atoms with Crippen LogP contribution in [0.1, 0.15) is 12.8 Å². The highest BCUT2D eigenvalue weighted by Crippen LogP contribution is 2.38. The van der Waals surface area contributed by atoms with Gasteiger partial charge in [-0.3, -0.25) is 4.90 Å². The van der Waals surface area contributed by atoms with E-state index in [0.29, 0.717) is 6.10 Å². The molecule has 1 aromatic carbocycles. The van der Waals surface area contributed by atoms with Crippen LogP contribution in [0.4, 0.5) is 18.9 Å². The van der Waals surface area contributed by atoms with Crippen LogP contribution in [0.15, 0.2) is 29.2 Å². The van der Waals surface area contributed by atoms with Crippen molar-refractivity contribution in [2.75, 3.05) is 44.2 Å². The molecule has 136 valence electrons. The molecule has 1 atom stereocenters. The van der Waals surface area contributed by atoms with E-state index in [4.69, 9.17) is 4.74 Å². The Labute approximate surface area is 150 Å². The molecule has 2 heterocycles. The zero-order valence-corrected chi connectivity index (χ0v) is 14.9. The second kappa shape index (κ2) is 8.65. The summed E-state index contributed by atoms with van der Waals surface area (Å²) in [5, 5.41) is 0. The van der Waals surface area contributed by atoms with Gasteiger partial charge in [-0.1, -0.05) is 6.07 Å². The monoisotopic (exact) mass is 382 g/mol. The van der Waals surface area contributed by atoms with Gasteiger partial charge in [0.25, 0.3) is 0 Å². The minimum Gasteiger partial charge on any atom is -0.377 e. The molecule has 3 rings (SSSR count). The highest BCUT2D eigenvalue weighted by atomic mass is 35.5. The van der Waals surface area contributed by atoms with Gasteiger partial charge in [-0.15, -0.1) is 12.4 Å². The largest absolute Gasteiger partial charge is 0.446 e. The Balaban J connectivity index is 0.00000208. The van der Waals surface area contributed by atoms with Crippen molar-refractivity contribution < 1.29 is 17.9 Å². The molecule has 2 fully saturated rings. The van der Waals surface area contributed by atoms with Gasteiger partial charge in [-0.2, -0.15) is 13.2 Å². The number of hydrogen-bond donors (Lipinski definition) is 0. The molecule has 0 aromatic heterocycles. The van der Waals surface area contributed by atoms with Crippen molar-refractivity contribution in [3.63, 3.8) is 0 Å². The van der Waals surface area contributed by atoms with E-state index >= 15 is 0 Å². The van der Waals surface area contributed by atoms with Gasteiger partial charge in [0.2, 0.25) is 0 Å². The third-order valence-corrected chi connectivity index (χ3v) is 5.00. The fraction of sp³-hybridized carbons (Fsp3) is 0.625. The number of ether oxygens (including phenoxy) is 1. The van der Waals surface area contributed by atoms with Crippen molar-refractivity contribution in [2.45, 2.75) is 29.3 Å². The summed E-state index contributed by atoms with van der Waals surface area (Å²) in [7, 11) is 0. The van der Waals surface area contributed by atoms with Gasteiger partial charge in [0.1, 0.15) is 0 Å². The highest BCUT2D eigenvalue weighted by Gasteiger charge is 2.29. The molecular weight excluding hydrogens is 361 g/mol. The maximum atomic E-state index is 12.5. The van der Waals surface area contributed by atoms with E-state index in [2.05, 4.69) is 9.80 Å². The van der Waals surface area contributed by atoms with Gasteiger partial charge in [-0.25, -0.2) is 0 Å². The second-order valence-electron chi connectivity index (χ2n) is 5.97. The fourth-order valence-electron chi connectivity index (χ4n) is 3.14. The smallest absolute Gasteiger partial charge is 0.377 e. The Morgan fingerprint density at radius 1 is 1.17 bits per heavy atom. The van der Waals surface area contributed by atoms with Crippen molar-refractivity contribution in [3.8, 4) is 0 Å². The average molecular weight is 383 g/mol. The number of anilines is 1. The standard InChI is InChI=1S/C16H21F3N2OS.ClH/c17-16(18,19)23-15-5-1-3-13(11-15)21-8-6-20(7-9-21)12-14-4-2-10-22-14;/h1,3,5,11,14H,2,4,6-10,12H2;1H. The molecule has 1 aromatic rings. The van der Waals surface area contributed by atoms with Crippen LogP contribution < -0.4 is 4.90 Å². The first-order chi connectivity index (χ1) is 11.0. The molecule has 0 saturated carbocycles. The summed E-state index contributed by atoms with van der Waals surface area (Å²) in [4.78, 5) is 4.80. The summed E-state index contributed by atoms with van der Waals surface area (Å²) < 4.78 is 43.1. The summed E-state index contributed by atoms with van der Waals surface area (Å²) in [5.74, 6) is 0. The molecule has 0 radical (unpaired) electrons. The van der Waals surface area contributed by atoms with Crippen molar-refractivity contribution in [3.05, 3.63) is 24.3 Å². The first kappa shape index (κ1) is 19.7. The third-order valence-electron chi connectivity index (χ3n) is 4.27. The predicted molar refractivity (Wildman–Crippen MR) is 93.2 cm³/mol. The van der Waals surface area contributed by atoms with Crippen LogP contribution in [0.2, 0.25) is 0 Å². The van der Waals surface area contributed by atoms with E-state index in [0.717, 1.165) is 57.9 Å². The van der Waals surface area contributed by atoms with E-state index in [9.17, 15) is 13.2 Å². The van der Waals surface area contributed by atoms with Crippen LogP contribution in [0.3, 0.4) is 0 Å². The van der Waals surface area contributed by atoms with E-state index in [1.807, 2.05) is 6.07 Å². The first-order valence-electron chi connectivity index (χ1n) is 7.94. The maximum Gasteiger partial charge on any atom is 0.446 e. The maximum absolute atomic E-state index is 12.5. The van der Waals surface area contributed by atoms with Gasteiger partial charge >= 0.3 is 5.51 Å². The van der Waals surface area contributed by atoms with Gasteiger partial charge in [-0.05, 0) is 42.8 Å². The SMILES string of the molecule is Cl.FC(F)(F)Sc1cccc(N2CCN(CC3CCCO3)CC2)c1. The number of benzene rings is 1. The fourth-order valence-corrected chi connectivity index (χ4v) is 3.74. The summed E-state index contributed by atoms with van der Waals surface area (Å²) in [6, 6.07) is 6.72. The lowest BCUT2D eigenvalue weighted by molar-refractivity contribution is -0.0328. The summed E-state index contributed by atoms with van der Waals surface area (Å²) in [5.41, 5.74) is -3.37. The Morgan fingerprint density at radius 3 is 2.54 bits per heavy atom. The molecule has 2 saturated heterocycles. The van der Waals surface area contributed by atoms with E-state index < -0.39 is 5.51 Å². The minimum absolute atomic E-state index is 0. The zero-order valence-electron chi connectivity index (χ0n) is 13.3. The quantitative estimate of drug-likeness (QED) is 0.730. The normalized spacial score (nSPS) is 22.5. The minimum atomic E-state index is -4.24. The Bertz CT molecular complexity index is 518. The van der Waals surface area contributed by atoms with Crippen LogP contribution in [0.25, 0.3) is 0 Å². The van der Waals surface area contributed by atoms with Gasteiger partial charge in [0.15, 0.2) is 0 Å². The number of hydrogen-bond acceptors (Lipinski definition) is 4. The van der Waals surface area contributed by atoms with Gasteiger partial charge in [0.05, 0.1) is 6.10 Å². The Morgan fingerprint density at radius 2 is 1.92 bits per heavy atom. The molecule has 1 unspecified atom stereocenters. The van der Waals surface area contributed by atoms with Crippen molar-refractivity contribution in [1.29, 1.82) is 0 Å². The van der Waals surface area contributed by atoms with Crippen LogP contribution in [0, 0.1) is 0 Å². The number of alkyl halides is 3. The van der Waals surface area contributed by atoms with Crippen LogP contribution in [0.5, 0.6) is 0 Å². The second-order valence-corrected chi connectivity index (χ2v) is 7.11. The van der Waals surface area contributed by atoms with Crippen LogP contribution in [-0.2, 0) is 4.74 Å². The molecule has 2 aliphatic heterocycles. The molecular formula is C16H22ClF3N2OS. The van der Waals surface area contributed by atoms with Crippen molar-refractivity contribution >= 4 is 29.9 Å². The van der Waals surface area contributed by atoms with Gasteiger partial charge < -0.3 is 9.64 Å². The predicted octanol–water partition coefficient (Wildman–Crippen LogP) is 4.02. The highest BCUT2D eigenvalue weighted by molar-refractivity contribution is 8.00. The van der Waals surface area contributed by atoms with Crippen LogP contribution in [-0.4, -0.2) is 55.8 Å². The summed E-state index contributed by atoms with van der Waals surface area (Å²) >= 11 is -0.0528.